The van der Waals surface area contributed by atoms with Crippen LogP contribution in [0.15, 0.2) is 72.9 Å². The van der Waals surface area contributed by atoms with Gasteiger partial charge in [0, 0.05) is 29.9 Å². The molecule has 0 fully saturated rings. The molecular weight excluding hydrogens is 310 g/mol. The normalized spacial score (nSPS) is 10.9. The molecule has 126 valence electrons. The van der Waals surface area contributed by atoms with Gasteiger partial charge in [0.05, 0.1) is 12.2 Å². The lowest BCUT2D eigenvalue weighted by Gasteiger charge is -2.01. The number of nitrogens with zero attached hydrogens (tertiary/aromatic N) is 2. The summed E-state index contributed by atoms with van der Waals surface area (Å²) in [5, 5.41) is 7.50. The molecule has 1 aromatic heterocycles. The number of nitrogens with one attached hydrogen (secondary N) is 1. The average Bonchev–Trinajstić information content (AvgIpc) is 3.04. The van der Waals surface area contributed by atoms with Crippen molar-refractivity contribution in [1.29, 1.82) is 0 Å². The summed E-state index contributed by atoms with van der Waals surface area (Å²) in [4.78, 5) is 11.7. The lowest BCUT2D eigenvalue weighted by atomic mass is 10.1. The molecule has 1 amide bonds. The van der Waals surface area contributed by atoms with Crippen LogP contribution in [0.25, 0.3) is 17.3 Å². The lowest BCUT2D eigenvalue weighted by Crippen LogP contribution is -2.19. The van der Waals surface area contributed by atoms with Crippen molar-refractivity contribution in [3.63, 3.8) is 0 Å². The molecule has 1 N–H and O–H groups in total. The van der Waals surface area contributed by atoms with Gasteiger partial charge in [-0.1, -0.05) is 60.7 Å². The Morgan fingerprint density at radius 2 is 1.76 bits per heavy atom. The Morgan fingerprint density at radius 3 is 2.44 bits per heavy atom. The van der Waals surface area contributed by atoms with Gasteiger partial charge in [-0.25, -0.2) is 0 Å². The lowest BCUT2D eigenvalue weighted by molar-refractivity contribution is -0.116. The minimum atomic E-state index is -0.0997. The number of carbonyl (C=O) groups excluding carboxylic acids is 1. The summed E-state index contributed by atoms with van der Waals surface area (Å²) in [6.45, 7) is 3.21. The van der Waals surface area contributed by atoms with Gasteiger partial charge in [0.2, 0.25) is 5.91 Å². The highest BCUT2D eigenvalue weighted by atomic mass is 16.1. The van der Waals surface area contributed by atoms with Crippen LogP contribution in [0.3, 0.4) is 0 Å². The van der Waals surface area contributed by atoms with Gasteiger partial charge in [0.1, 0.15) is 0 Å². The number of rotatable bonds is 6. The van der Waals surface area contributed by atoms with Gasteiger partial charge in [0.25, 0.3) is 0 Å². The first kappa shape index (κ1) is 16.7. The zero-order valence-corrected chi connectivity index (χ0v) is 14.2. The predicted molar refractivity (Wildman–Crippen MR) is 101 cm³/mol. The molecule has 0 atom stereocenters. The SMILES string of the molecule is CCNC(=O)/C=C/c1cn(Cc2ccccc2)nc1-c1ccccc1. The molecule has 0 spiro atoms. The van der Waals surface area contributed by atoms with E-state index in [0.29, 0.717) is 13.1 Å². The molecule has 0 radical (unpaired) electrons. The third-order valence-electron chi connectivity index (χ3n) is 3.79. The maximum absolute atomic E-state index is 11.7. The highest BCUT2D eigenvalue weighted by molar-refractivity contribution is 5.92. The van der Waals surface area contributed by atoms with Crippen LogP contribution >= 0.6 is 0 Å². The van der Waals surface area contributed by atoms with Crippen molar-refractivity contribution in [3.8, 4) is 11.3 Å². The van der Waals surface area contributed by atoms with Crippen LogP contribution in [0.4, 0.5) is 0 Å². The molecule has 3 aromatic rings. The summed E-state index contributed by atoms with van der Waals surface area (Å²) < 4.78 is 1.91. The Kier molecular flexibility index (Phi) is 5.42. The smallest absolute Gasteiger partial charge is 0.243 e. The number of aromatic nitrogens is 2. The molecule has 25 heavy (non-hydrogen) atoms. The van der Waals surface area contributed by atoms with Crippen LogP contribution in [-0.2, 0) is 11.3 Å². The van der Waals surface area contributed by atoms with E-state index >= 15 is 0 Å². The van der Waals surface area contributed by atoms with E-state index in [1.54, 1.807) is 6.08 Å². The fraction of sp³-hybridized carbons (Fsp3) is 0.143. The number of carbonyl (C=O) groups is 1. The van der Waals surface area contributed by atoms with Crippen molar-refractivity contribution >= 4 is 12.0 Å². The topological polar surface area (TPSA) is 46.9 Å². The van der Waals surface area contributed by atoms with E-state index in [9.17, 15) is 4.79 Å². The Labute approximate surface area is 147 Å². The Balaban J connectivity index is 1.92. The standard InChI is InChI=1S/C21H21N3O/c1-2-22-20(25)14-13-19-16-24(15-17-9-5-3-6-10-17)23-21(19)18-11-7-4-8-12-18/h3-14,16H,2,15H2,1H3,(H,22,25)/b14-13+. The number of hydrogen-bond acceptors (Lipinski definition) is 2. The number of likely N-dealkylation sites (N-methyl/N-ethyl adjacent to an activating group) is 1. The summed E-state index contributed by atoms with van der Waals surface area (Å²) in [7, 11) is 0. The summed E-state index contributed by atoms with van der Waals surface area (Å²) in [6.07, 6.45) is 5.35. The highest BCUT2D eigenvalue weighted by Gasteiger charge is 2.09. The summed E-state index contributed by atoms with van der Waals surface area (Å²) in [5.41, 5.74) is 4.01. The Bertz CT molecular complexity index is 851. The van der Waals surface area contributed by atoms with E-state index < -0.39 is 0 Å². The molecule has 0 bridgehead atoms. The molecule has 4 heteroatoms. The molecule has 4 nitrogen and oxygen atoms in total. The van der Waals surface area contributed by atoms with E-state index in [4.69, 9.17) is 5.10 Å². The van der Waals surface area contributed by atoms with Crippen molar-refractivity contribution in [2.45, 2.75) is 13.5 Å². The second-order valence-corrected chi connectivity index (χ2v) is 5.71. The van der Waals surface area contributed by atoms with Gasteiger partial charge in [-0.2, -0.15) is 5.10 Å². The predicted octanol–water partition coefficient (Wildman–Crippen LogP) is 3.75. The van der Waals surface area contributed by atoms with E-state index in [2.05, 4.69) is 17.4 Å². The van der Waals surface area contributed by atoms with E-state index in [1.165, 1.54) is 5.56 Å². The number of amides is 1. The molecule has 0 aliphatic carbocycles. The number of hydrogen-bond donors (Lipinski definition) is 1. The number of benzene rings is 2. The van der Waals surface area contributed by atoms with Crippen molar-refractivity contribution in [1.82, 2.24) is 15.1 Å². The molecular formula is C21H21N3O. The second-order valence-electron chi connectivity index (χ2n) is 5.71. The van der Waals surface area contributed by atoms with Gasteiger partial charge >= 0.3 is 0 Å². The van der Waals surface area contributed by atoms with Gasteiger partial charge < -0.3 is 5.32 Å². The quantitative estimate of drug-likeness (QED) is 0.699. The van der Waals surface area contributed by atoms with Crippen LogP contribution in [0.2, 0.25) is 0 Å². The van der Waals surface area contributed by atoms with Gasteiger partial charge in [-0.15, -0.1) is 0 Å². The zero-order valence-electron chi connectivity index (χ0n) is 14.2. The molecule has 2 aromatic carbocycles. The molecule has 0 aliphatic rings. The van der Waals surface area contributed by atoms with Crippen LogP contribution in [0, 0.1) is 0 Å². The van der Waals surface area contributed by atoms with E-state index in [0.717, 1.165) is 16.8 Å². The third-order valence-corrected chi connectivity index (χ3v) is 3.79. The van der Waals surface area contributed by atoms with Gasteiger partial charge in [-0.05, 0) is 18.6 Å². The molecule has 1 heterocycles. The van der Waals surface area contributed by atoms with Crippen molar-refractivity contribution < 1.29 is 4.79 Å². The van der Waals surface area contributed by atoms with Crippen LogP contribution in [-0.4, -0.2) is 22.2 Å². The van der Waals surface area contributed by atoms with Crippen molar-refractivity contribution in [3.05, 3.63) is 84.1 Å². The summed E-state index contributed by atoms with van der Waals surface area (Å²) in [5.74, 6) is -0.0997. The minimum Gasteiger partial charge on any atom is -0.353 e. The maximum atomic E-state index is 11.7. The second kappa shape index (κ2) is 8.11. The fourth-order valence-corrected chi connectivity index (χ4v) is 2.63. The van der Waals surface area contributed by atoms with Crippen LogP contribution in [0.5, 0.6) is 0 Å². The van der Waals surface area contributed by atoms with Crippen LogP contribution in [0.1, 0.15) is 18.1 Å². The van der Waals surface area contributed by atoms with Crippen LogP contribution < -0.4 is 5.32 Å². The average molecular weight is 331 g/mol. The Morgan fingerprint density at radius 1 is 1.08 bits per heavy atom. The maximum Gasteiger partial charge on any atom is 0.243 e. The fourth-order valence-electron chi connectivity index (χ4n) is 2.63. The first-order valence-electron chi connectivity index (χ1n) is 8.39. The first-order chi connectivity index (χ1) is 12.3. The van der Waals surface area contributed by atoms with Crippen molar-refractivity contribution in [2.75, 3.05) is 6.54 Å². The molecule has 0 saturated carbocycles. The van der Waals surface area contributed by atoms with Crippen molar-refractivity contribution in [2.24, 2.45) is 0 Å². The molecule has 0 aliphatic heterocycles. The summed E-state index contributed by atoms with van der Waals surface area (Å²) in [6, 6.07) is 20.2. The zero-order chi connectivity index (χ0) is 17.5. The van der Waals surface area contributed by atoms with Gasteiger partial charge in [-0.3, -0.25) is 9.48 Å². The molecule has 0 unspecified atom stereocenters. The molecule has 3 rings (SSSR count). The largest absolute Gasteiger partial charge is 0.353 e. The monoisotopic (exact) mass is 331 g/mol. The third kappa shape index (κ3) is 4.44. The molecule has 0 saturated heterocycles. The minimum absolute atomic E-state index is 0.0997. The van der Waals surface area contributed by atoms with Gasteiger partial charge in [0.15, 0.2) is 0 Å². The van der Waals surface area contributed by atoms with E-state index in [-0.39, 0.29) is 5.91 Å². The Hall–Kier alpha value is -3.14. The summed E-state index contributed by atoms with van der Waals surface area (Å²) >= 11 is 0. The highest BCUT2D eigenvalue weighted by Crippen LogP contribution is 2.23. The van der Waals surface area contributed by atoms with E-state index in [1.807, 2.05) is 72.4 Å². The first-order valence-corrected chi connectivity index (χ1v) is 8.39.